The lowest BCUT2D eigenvalue weighted by molar-refractivity contribution is -0.122. The van der Waals surface area contributed by atoms with Crippen molar-refractivity contribution in [3.63, 3.8) is 0 Å². The summed E-state index contributed by atoms with van der Waals surface area (Å²) < 4.78 is 0. The highest BCUT2D eigenvalue weighted by Gasteiger charge is 2.20. The van der Waals surface area contributed by atoms with Gasteiger partial charge in [0.1, 0.15) is 5.15 Å². The molecule has 0 bridgehead atoms. The lowest BCUT2D eigenvalue weighted by Gasteiger charge is -2.23. The second-order valence-electron chi connectivity index (χ2n) is 4.33. The molecular formula is C12H14ClN3O2. The number of piperidine rings is 1. The van der Waals surface area contributed by atoms with Gasteiger partial charge in [0.05, 0.1) is 0 Å². The van der Waals surface area contributed by atoms with Crippen molar-refractivity contribution < 1.29 is 9.59 Å². The quantitative estimate of drug-likeness (QED) is 0.787. The Labute approximate surface area is 110 Å². The molecule has 1 saturated heterocycles. The molecule has 0 radical (unpaired) electrons. The SMILES string of the molecule is Cc1cc(C(=O)NC2CCC(=O)NC2)cc(Cl)n1. The Morgan fingerprint density at radius 3 is 2.94 bits per heavy atom. The van der Waals surface area contributed by atoms with Gasteiger partial charge >= 0.3 is 0 Å². The number of carbonyl (C=O) groups is 2. The average Bonchev–Trinajstić information content (AvgIpc) is 2.31. The van der Waals surface area contributed by atoms with Crippen LogP contribution in [0.2, 0.25) is 5.15 Å². The molecule has 18 heavy (non-hydrogen) atoms. The van der Waals surface area contributed by atoms with Crippen LogP contribution in [0.15, 0.2) is 12.1 Å². The summed E-state index contributed by atoms with van der Waals surface area (Å²) in [6, 6.07) is 3.19. The first-order chi connectivity index (χ1) is 8.54. The van der Waals surface area contributed by atoms with Crippen molar-refractivity contribution in [2.75, 3.05) is 6.54 Å². The third kappa shape index (κ3) is 3.20. The van der Waals surface area contributed by atoms with E-state index in [1.807, 2.05) is 0 Å². The fourth-order valence-electron chi connectivity index (χ4n) is 1.88. The number of nitrogens with zero attached hydrogens (tertiary/aromatic N) is 1. The van der Waals surface area contributed by atoms with E-state index in [2.05, 4.69) is 15.6 Å². The summed E-state index contributed by atoms with van der Waals surface area (Å²) in [5.41, 5.74) is 1.19. The molecule has 1 aromatic rings. The summed E-state index contributed by atoms with van der Waals surface area (Å²) in [5.74, 6) is -0.160. The molecule has 0 aliphatic carbocycles. The van der Waals surface area contributed by atoms with Crippen LogP contribution in [-0.4, -0.2) is 29.4 Å². The molecular weight excluding hydrogens is 254 g/mol. The highest BCUT2D eigenvalue weighted by atomic mass is 35.5. The Balaban J connectivity index is 2.01. The molecule has 1 aliphatic heterocycles. The van der Waals surface area contributed by atoms with Crippen LogP contribution in [0.25, 0.3) is 0 Å². The Morgan fingerprint density at radius 1 is 1.56 bits per heavy atom. The number of aryl methyl sites for hydroxylation is 1. The van der Waals surface area contributed by atoms with Gasteiger partial charge < -0.3 is 10.6 Å². The summed E-state index contributed by atoms with van der Waals surface area (Å²) >= 11 is 5.81. The molecule has 1 atom stereocenters. The zero-order valence-corrected chi connectivity index (χ0v) is 10.8. The normalized spacial score (nSPS) is 19.2. The van der Waals surface area contributed by atoms with Gasteiger partial charge in [-0.2, -0.15) is 0 Å². The predicted octanol–water partition coefficient (Wildman–Crippen LogP) is 1.05. The summed E-state index contributed by atoms with van der Waals surface area (Å²) in [6.07, 6.45) is 1.11. The zero-order valence-electron chi connectivity index (χ0n) is 10.00. The molecule has 2 N–H and O–H groups in total. The second kappa shape index (κ2) is 5.35. The van der Waals surface area contributed by atoms with Gasteiger partial charge in [-0.05, 0) is 25.5 Å². The molecule has 1 aliphatic rings. The number of carbonyl (C=O) groups excluding carboxylic acids is 2. The van der Waals surface area contributed by atoms with Crippen LogP contribution in [-0.2, 0) is 4.79 Å². The number of hydrogen-bond donors (Lipinski definition) is 2. The second-order valence-corrected chi connectivity index (χ2v) is 4.72. The molecule has 2 amide bonds. The smallest absolute Gasteiger partial charge is 0.251 e. The molecule has 1 fully saturated rings. The predicted molar refractivity (Wildman–Crippen MR) is 67.5 cm³/mol. The van der Waals surface area contributed by atoms with Crippen LogP contribution >= 0.6 is 11.6 Å². The number of aromatic nitrogens is 1. The first-order valence-corrected chi connectivity index (χ1v) is 6.14. The molecule has 0 saturated carbocycles. The Kier molecular flexibility index (Phi) is 3.81. The Hall–Kier alpha value is -1.62. The van der Waals surface area contributed by atoms with Gasteiger partial charge in [-0.3, -0.25) is 9.59 Å². The first kappa shape index (κ1) is 12.8. The fourth-order valence-corrected chi connectivity index (χ4v) is 2.13. The van der Waals surface area contributed by atoms with Crippen LogP contribution in [0.1, 0.15) is 28.9 Å². The average molecular weight is 268 g/mol. The van der Waals surface area contributed by atoms with Crippen molar-refractivity contribution in [1.29, 1.82) is 0 Å². The largest absolute Gasteiger partial charge is 0.354 e. The van der Waals surface area contributed by atoms with E-state index in [0.717, 1.165) is 0 Å². The van der Waals surface area contributed by atoms with E-state index in [1.165, 1.54) is 6.07 Å². The first-order valence-electron chi connectivity index (χ1n) is 5.76. The maximum Gasteiger partial charge on any atom is 0.251 e. The Bertz CT molecular complexity index is 460. The van der Waals surface area contributed by atoms with Crippen molar-refractivity contribution in [1.82, 2.24) is 15.6 Å². The molecule has 1 unspecified atom stereocenters. The standard InChI is InChI=1S/C12H14ClN3O2/c1-7-4-8(5-10(13)15-7)12(18)16-9-2-3-11(17)14-6-9/h4-5,9H,2-3,6H2,1H3,(H,14,17)(H,16,18). The highest BCUT2D eigenvalue weighted by Crippen LogP contribution is 2.11. The van der Waals surface area contributed by atoms with Gasteiger partial charge in [-0.15, -0.1) is 0 Å². The van der Waals surface area contributed by atoms with Crippen LogP contribution in [0.4, 0.5) is 0 Å². The summed E-state index contributed by atoms with van der Waals surface area (Å²) in [4.78, 5) is 27.0. The van der Waals surface area contributed by atoms with Crippen molar-refractivity contribution in [2.24, 2.45) is 0 Å². The third-order valence-corrected chi connectivity index (χ3v) is 2.98. The van der Waals surface area contributed by atoms with Gasteiger partial charge in [-0.1, -0.05) is 11.6 Å². The van der Waals surface area contributed by atoms with Crippen molar-refractivity contribution >= 4 is 23.4 Å². The van der Waals surface area contributed by atoms with E-state index < -0.39 is 0 Å². The third-order valence-electron chi connectivity index (χ3n) is 2.79. The van der Waals surface area contributed by atoms with E-state index in [1.54, 1.807) is 13.0 Å². The molecule has 6 heteroatoms. The summed E-state index contributed by atoms with van der Waals surface area (Å²) in [7, 11) is 0. The zero-order chi connectivity index (χ0) is 13.1. The molecule has 2 heterocycles. The van der Waals surface area contributed by atoms with Gasteiger partial charge in [0.25, 0.3) is 5.91 Å². The number of amides is 2. The number of rotatable bonds is 2. The number of pyridine rings is 1. The number of hydrogen-bond acceptors (Lipinski definition) is 3. The topological polar surface area (TPSA) is 71.1 Å². The molecule has 96 valence electrons. The van der Waals surface area contributed by atoms with Crippen LogP contribution in [0.5, 0.6) is 0 Å². The van der Waals surface area contributed by atoms with Gasteiger partial charge in [0.15, 0.2) is 0 Å². The monoisotopic (exact) mass is 267 g/mol. The molecule has 2 rings (SSSR count). The van der Waals surface area contributed by atoms with Crippen LogP contribution in [0.3, 0.4) is 0 Å². The minimum absolute atomic E-state index is 0.0255. The van der Waals surface area contributed by atoms with E-state index >= 15 is 0 Å². The number of halogens is 1. The molecule has 0 aromatic carbocycles. The number of nitrogens with one attached hydrogen (secondary N) is 2. The van der Waals surface area contributed by atoms with E-state index in [0.29, 0.717) is 35.8 Å². The highest BCUT2D eigenvalue weighted by molar-refractivity contribution is 6.29. The summed E-state index contributed by atoms with van der Waals surface area (Å²) in [6.45, 7) is 2.26. The summed E-state index contributed by atoms with van der Waals surface area (Å²) in [5, 5.41) is 5.89. The van der Waals surface area contributed by atoms with Crippen LogP contribution in [0, 0.1) is 6.92 Å². The van der Waals surface area contributed by atoms with Crippen LogP contribution < -0.4 is 10.6 Å². The van der Waals surface area contributed by atoms with Crippen molar-refractivity contribution in [3.05, 3.63) is 28.5 Å². The lowest BCUT2D eigenvalue weighted by Crippen LogP contribution is -2.47. The van der Waals surface area contributed by atoms with Gasteiger partial charge in [0, 0.05) is 30.3 Å². The molecule has 1 aromatic heterocycles. The lowest BCUT2D eigenvalue weighted by atomic mass is 10.1. The Morgan fingerprint density at radius 2 is 2.33 bits per heavy atom. The molecule has 0 spiro atoms. The maximum atomic E-state index is 12.0. The minimum Gasteiger partial charge on any atom is -0.354 e. The maximum absolute atomic E-state index is 12.0. The van der Waals surface area contributed by atoms with E-state index in [-0.39, 0.29) is 17.9 Å². The molecule has 5 nitrogen and oxygen atoms in total. The fraction of sp³-hybridized carbons (Fsp3) is 0.417. The van der Waals surface area contributed by atoms with E-state index in [4.69, 9.17) is 11.6 Å². The van der Waals surface area contributed by atoms with Crippen molar-refractivity contribution in [2.45, 2.75) is 25.8 Å². The van der Waals surface area contributed by atoms with E-state index in [9.17, 15) is 9.59 Å². The minimum atomic E-state index is -0.191. The van der Waals surface area contributed by atoms with Gasteiger partial charge in [-0.25, -0.2) is 4.98 Å². The van der Waals surface area contributed by atoms with Gasteiger partial charge in [0.2, 0.25) is 5.91 Å². The van der Waals surface area contributed by atoms with Crippen molar-refractivity contribution in [3.8, 4) is 0 Å².